The predicted octanol–water partition coefficient (Wildman–Crippen LogP) is 2.90. The zero-order valence-corrected chi connectivity index (χ0v) is 13.3. The molecule has 0 rings (SSSR count). The molecule has 0 aromatic carbocycles. The summed E-state index contributed by atoms with van der Waals surface area (Å²) in [5, 5.41) is 3.43. The maximum absolute atomic E-state index is 5.96. The van der Waals surface area contributed by atoms with Crippen molar-refractivity contribution in [1.29, 1.82) is 0 Å². The van der Waals surface area contributed by atoms with Gasteiger partial charge in [0.25, 0.3) is 0 Å². The van der Waals surface area contributed by atoms with E-state index >= 15 is 0 Å². The normalized spacial score (nSPS) is 13.8. The van der Waals surface area contributed by atoms with Gasteiger partial charge in [-0.15, -0.1) is 0 Å². The van der Waals surface area contributed by atoms with Crippen molar-refractivity contribution in [2.24, 2.45) is 0 Å². The standard InChI is InChI=1S/C15H34N2O/c1-7-9-16-12-15(8-2)18-11-10-17(13(3)4)14(5)6/h13-16H,7-12H2,1-6H3. The molecule has 0 saturated carbocycles. The fourth-order valence-corrected chi connectivity index (χ4v) is 2.20. The average Bonchev–Trinajstić information content (AvgIpc) is 2.31. The Balaban J connectivity index is 3.83. The van der Waals surface area contributed by atoms with Crippen LogP contribution in [0.25, 0.3) is 0 Å². The Morgan fingerprint density at radius 3 is 2.11 bits per heavy atom. The Morgan fingerprint density at radius 2 is 1.67 bits per heavy atom. The van der Waals surface area contributed by atoms with E-state index in [2.05, 4.69) is 51.8 Å². The molecule has 0 aliphatic heterocycles. The van der Waals surface area contributed by atoms with E-state index in [1.807, 2.05) is 0 Å². The first-order valence-corrected chi connectivity index (χ1v) is 7.60. The quantitative estimate of drug-likeness (QED) is 0.577. The molecule has 0 aromatic heterocycles. The number of nitrogens with zero attached hydrogens (tertiary/aromatic N) is 1. The lowest BCUT2D eigenvalue weighted by Gasteiger charge is -2.31. The second kappa shape index (κ2) is 10.8. The molecule has 1 unspecified atom stereocenters. The molecule has 0 radical (unpaired) electrons. The lowest BCUT2D eigenvalue weighted by Crippen LogP contribution is -2.40. The summed E-state index contributed by atoms with van der Waals surface area (Å²) in [4.78, 5) is 2.48. The summed E-state index contributed by atoms with van der Waals surface area (Å²) in [5.74, 6) is 0. The van der Waals surface area contributed by atoms with E-state index in [1.54, 1.807) is 0 Å². The van der Waals surface area contributed by atoms with Crippen LogP contribution in [0.4, 0.5) is 0 Å². The number of hydrogen-bond donors (Lipinski definition) is 1. The zero-order chi connectivity index (χ0) is 14.0. The summed E-state index contributed by atoms with van der Waals surface area (Å²) in [6.07, 6.45) is 2.63. The Bertz CT molecular complexity index is 175. The van der Waals surface area contributed by atoms with Crippen LogP contribution in [0.2, 0.25) is 0 Å². The molecule has 18 heavy (non-hydrogen) atoms. The van der Waals surface area contributed by atoms with E-state index in [0.29, 0.717) is 18.2 Å². The van der Waals surface area contributed by atoms with E-state index in [-0.39, 0.29) is 0 Å². The number of ether oxygens (including phenoxy) is 1. The second-order valence-electron chi connectivity index (χ2n) is 5.53. The van der Waals surface area contributed by atoms with Crippen molar-refractivity contribution in [3.8, 4) is 0 Å². The van der Waals surface area contributed by atoms with Gasteiger partial charge in [0.15, 0.2) is 0 Å². The molecule has 0 aromatic rings. The van der Waals surface area contributed by atoms with Crippen LogP contribution in [-0.2, 0) is 4.74 Å². The first kappa shape index (κ1) is 17.9. The van der Waals surface area contributed by atoms with E-state index in [4.69, 9.17) is 4.74 Å². The maximum atomic E-state index is 5.96. The van der Waals surface area contributed by atoms with Gasteiger partial charge >= 0.3 is 0 Å². The molecule has 3 nitrogen and oxygen atoms in total. The van der Waals surface area contributed by atoms with Crippen molar-refractivity contribution in [2.45, 2.75) is 72.6 Å². The third-order valence-electron chi connectivity index (χ3n) is 3.28. The molecule has 110 valence electrons. The highest BCUT2D eigenvalue weighted by molar-refractivity contribution is 4.67. The molecule has 0 fully saturated rings. The summed E-state index contributed by atoms with van der Waals surface area (Å²) in [6.45, 7) is 17.3. The summed E-state index contributed by atoms with van der Waals surface area (Å²) in [7, 11) is 0. The van der Waals surface area contributed by atoms with Crippen LogP contribution in [0, 0.1) is 0 Å². The molecule has 3 heteroatoms. The van der Waals surface area contributed by atoms with Gasteiger partial charge in [-0.2, -0.15) is 0 Å². The molecule has 0 saturated heterocycles. The smallest absolute Gasteiger partial charge is 0.0697 e. The SMILES string of the molecule is CCCNCC(CC)OCCN(C(C)C)C(C)C. The molecule has 0 spiro atoms. The summed E-state index contributed by atoms with van der Waals surface area (Å²) >= 11 is 0. The van der Waals surface area contributed by atoms with Gasteiger partial charge in [0.1, 0.15) is 0 Å². The van der Waals surface area contributed by atoms with Gasteiger partial charge in [0.05, 0.1) is 12.7 Å². The van der Waals surface area contributed by atoms with Crippen molar-refractivity contribution in [2.75, 3.05) is 26.2 Å². The van der Waals surface area contributed by atoms with E-state index in [0.717, 1.165) is 32.7 Å². The minimum atomic E-state index is 0.359. The third-order valence-corrected chi connectivity index (χ3v) is 3.28. The highest BCUT2D eigenvalue weighted by atomic mass is 16.5. The van der Waals surface area contributed by atoms with Crippen molar-refractivity contribution in [1.82, 2.24) is 10.2 Å². The molecular formula is C15H34N2O. The van der Waals surface area contributed by atoms with Crippen LogP contribution in [0.1, 0.15) is 54.4 Å². The second-order valence-corrected chi connectivity index (χ2v) is 5.53. The first-order chi connectivity index (χ1) is 8.52. The number of rotatable bonds is 11. The van der Waals surface area contributed by atoms with Crippen LogP contribution in [-0.4, -0.2) is 49.3 Å². The largest absolute Gasteiger partial charge is 0.376 e. The summed E-state index contributed by atoms with van der Waals surface area (Å²) < 4.78 is 5.96. The van der Waals surface area contributed by atoms with E-state index < -0.39 is 0 Å². The fourth-order valence-electron chi connectivity index (χ4n) is 2.20. The Kier molecular flexibility index (Phi) is 10.7. The van der Waals surface area contributed by atoms with Gasteiger partial charge in [-0.25, -0.2) is 0 Å². The maximum Gasteiger partial charge on any atom is 0.0697 e. The van der Waals surface area contributed by atoms with Gasteiger partial charge in [-0.1, -0.05) is 13.8 Å². The summed E-state index contributed by atoms with van der Waals surface area (Å²) in [6, 6.07) is 1.18. The van der Waals surface area contributed by atoms with Gasteiger partial charge in [0, 0.05) is 25.2 Å². The predicted molar refractivity (Wildman–Crippen MR) is 80.2 cm³/mol. The van der Waals surface area contributed by atoms with Crippen molar-refractivity contribution in [3.05, 3.63) is 0 Å². The van der Waals surface area contributed by atoms with Crippen LogP contribution in [0.15, 0.2) is 0 Å². The van der Waals surface area contributed by atoms with Crippen LogP contribution >= 0.6 is 0 Å². The average molecular weight is 258 g/mol. The number of nitrogens with one attached hydrogen (secondary N) is 1. The molecule has 1 N–H and O–H groups in total. The fraction of sp³-hybridized carbons (Fsp3) is 1.00. The monoisotopic (exact) mass is 258 g/mol. The van der Waals surface area contributed by atoms with Crippen LogP contribution < -0.4 is 5.32 Å². The minimum Gasteiger partial charge on any atom is -0.376 e. The minimum absolute atomic E-state index is 0.359. The molecule has 1 atom stereocenters. The zero-order valence-electron chi connectivity index (χ0n) is 13.3. The lowest BCUT2D eigenvalue weighted by atomic mass is 10.2. The molecular weight excluding hydrogens is 224 g/mol. The Morgan fingerprint density at radius 1 is 1.06 bits per heavy atom. The van der Waals surface area contributed by atoms with Crippen LogP contribution in [0.5, 0.6) is 0 Å². The third kappa shape index (κ3) is 8.06. The highest BCUT2D eigenvalue weighted by Crippen LogP contribution is 2.05. The number of hydrogen-bond acceptors (Lipinski definition) is 3. The highest BCUT2D eigenvalue weighted by Gasteiger charge is 2.13. The molecule has 0 bridgehead atoms. The van der Waals surface area contributed by atoms with Crippen molar-refractivity contribution >= 4 is 0 Å². The lowest BCUT2D eigenvalue weighted by molar-refractivity contribution is 0.0241. The Labute approximate surface area is 114 Å². The molecule has 0 aliphatic rings. The van der Waals surface area contributed by atoms with Gasteiger partial charge < -0.3 is 10.1 Å². The first-order valence-electron chi connectivity index (χ1n) is 7.60. The molecule has 0 heterocycles. The van der Waals surface area contributed by atoms with E-state index in [1.165, 1.54) is 6.42 Å². The molecule has 0 amide bonds. The topological polar surface area (TPSA) is 24.5 Å². The van der Waals surface area contributed by atoms with Crippen LogP contribution in [0.3, 0.4) is 0 Å². The van der Waals surface area contributed by atoms with Crippen molar-refractivity contribution in [3.63, 3.8) is 0 Å². The summed E-state index contributed by atoms with van der Waals surface area (Å²) in [5.41, 5.74) is 0. The van der Waals surface area contributed by atoms with Gasteiger partial charge in [0.2, 0.25) is 0 Å². The van der Waals surface area contributed by atoms with Crippen molar-refractivity contribution < 1.29 is 4.74 Å². The molecule has 0 aliphatic carbocycles. The Hall–Kier alpha value is -0.120. The van der Waals surface area contributed by atoms with E-state index in [9.17, 15) is 0 Å². The van der Waals surface area contributed by atoms with Gasteiger partial charge in [-0.3, -0.25) is 4.90 Å². The van der Waals surface area contributed by atoms with Gasteiger partial charge in [-0.05, 0) is 47.1 Å².